The van der Waals surface area contributed by atoms with Crippen molar-refractivity contribution in [2.24, 2.45) is 5.92 Å². The molecule has 84 valence electrons. The maximum atomic E-state index is 11.5. The van der Waals surface area contributed by atoms with Crippen molar-refractivity contribution in [3.63, 3.8) is 0 Å². The molecular weight excluding hydrogens is 194 g/mol. The Labute approximate surface area is 89.6 Å². The summed E-state index contributed by atoms with van der Waals surface area (Å²) in [6.45, 7) is 3.78. The maximum absolute atomic E-state index is 11.5. The van der Waals surface area contributed by atoms with Crippen LogP contribution < -0.4 is 0 Å². The van der Waals surface area contributed by atoms with Gasteiger partial charge in [0, 0.05) is 19.2 Å². The third-order valence-corrected chi connectivity index (χ3v) is 3.19. The number of carboxylic acid groups (broad SMARTS) is 1. The Morgan fingerprint density at radius 2 is 2.13 bits per heavy atom. The molecule has 4 nitrogen and oxygen atoms in total. The van der Waals surface area contributed by atoms with Crippen LogP contribution in [0.3, 0.4) is 0 Å². The minimum atomic E-state index is -0.802. The first-order chi connectivity index (χ1) is 6.93. The lowest BCUT2D eigenvalue weighted by atomic mass is 9.92. The zero-order valence-electron chi connectivity index (χ0n) is 9.41. The average molecular weight is 211 g/mol. The molecule has 0 saturated heterocycles. The van der Waals surface area contributed by atoms with Crippen LogP contribution in [0.1, 0.15) is 33.1 Å². The molecule has 0 radical (unpaired) electrons. The summed E-state index contributed by atoms with van der Waals surface area (Å²) < 4.78 is 0. The summed E-state index contributed by atoms with van der Waals surface area (Å²) >= 11 is 0. The molecule has 0 fully saturated rings. The molecule has 4 heteroatoms. The molecule has 0 aliphatic carbocycles. The topological polar surface area (TPSA) is 57.6 Å². The van der Waals surface area contributed by atoms with E-state index in [9.17, 15) is 9.59 Å². The molecule has 0 aromatic rings. The second kappa shape index (κ2) is 4.47. The van der Waals surface area contributed by atoms with Gasteiger partial charge < -0.3 is 10.0 Å². The summed E-state index contributed by atoms with van der Waals surface area (Å²) in [4.78, 5) is 23.8. The van der Waals surface area contributed by atoms with Gasteiger partial charge in [-0.2, -0.15) is 0 Å². The van der Waals surface area contributed by atoms with Crippen molar-refractivity contribution < 1.29 is 14.7 Å². The largest absolute Gasteiger partial charge is 0.481 e. The Morgan fingerprint density at radius 1 is 1.53 bits per heavy atom. The lowest BCUT2D eigenvalue weighted by Gasteiger charge is -2.18. The van der Waals surface area contributed by atoms with Gasteiger partial charge in [-0.1, -0.05) is 5.57 Å². The van der Waals surface area contributed by atoms with Gasteiger partial charge in [0.1, 0.15) is 0 Å². The Hall–Kier alpha value is -1.32. The van der Waals surface area contributed by atoms with E-state index in [-0.39, 0.29) is 18.2 Å². The third-order valence-electron chi connectivity index (χ3n) is 3.19. The Kier molecular flexibility index (Phi) is 3.50. The average Bonchev–Trinajstić information content (AvgIpc) is 2.25. The summed E-state index contributed by atoms with van der Waals surface area (Å²) in [5, 5.41) is 8.77. The van der Waals surface area contributed by atoms with Gasteiger partial charge in [0.05, 0.1) is 6.42 Å². The van der Waals surface area contributed by atoms with E-state index in [1.807, 2.05) is 13.8 Å². The summed E-state index contributed by atoms with van der Waals surface area (Å²) in [5.41, 5.74) is 1.91. The molecule has 1 unspecified atom stereocenters. The molecule has 1 amide bonds. The van der Waals surface area contributed by atoms with E-state index >= 15 is 0 Å². The third kappa shape index (κ3) is 2.58. The molecule has 1 rings (SSSR count). The van der Waals surface area contributed by atoms with Crippen LogP contribution in [0.25, 0.3) is 0 Å². The number of hydrogen-bond acceptors (Lipinski definition) is 2. The van der Waals surface area contributed by atoms with Crippen molar-refractivity contribution in [2.75, 3.05) is 7.05 Å². The van der Waals surface area contributed by atoms with E-state index in [1.54, 1.807) is 11.9 Å². The van der Waals surface area contributed by atoms with E-state index in [0.29, 0.717) is 12.8 Å². The quantitative estimate of drug-likeness (QED) is 0.755. The predicted molar refractivity (Wildman–Crippen MR) is 56.1 cm³/mol. The molecule has 1 atom stereocenters. The molecule has 1 N–H and O–H groups in total. The molecule has 1 aliphatic heterocycles. The lowest BCUT2D eigenvalue weighted by Crippen LogP contribution is -2.23. The van der Waals surface area contributed by atoms with Crippen molar-refractivity contribution in [3.8, 4) is 0 Å². The fraction of sp³-hybridized carbons (Fsp3) is 0.636. The normalized spacial score (nSPS) is 23.0. The molecule has 0 aromatic carbocycles. The molecule has 0 aromatic heterocycles. The van der Waals surface area contributed by atoms with Crippen LogP contribution in [-0.2, 0) is 9.59 Å². The van der Waals surface area contributed by atoms with E-state index in [2.05, 4.69) is 0 Å². The number of carbonyl (C=O) groups excluding carboxylic acids is 1. The van der Waals surface area contributed by atoms with Gasteiger partial charge >= 0.3 is 5.97 Å². The molecule has 0 saturated carbocycles. The van der Waals surface area contributed by atoms with Gasteiger partial charge in [0.25, 0.3) is 0 Å². The minimum Gasteiger partial charge on any atom is -0.481 e. The van der Waals surface area contributed by atoms with E-state index in [1.165, 1.54) is 0 Å². The second-order valence-electron chi connectivity index (χ2n) is 4.05. The molecular formula is C11H17NO3. The van der Waals surface area contributed by atoms with Crippen molar-refractivity contribution in [1.82, 2.24) is 4.90 Å². The first kappa shape index (κ1) is 11.8. The summed E-state index contributed by atoms with van der Waals surface area (Å²) in [7, 11) is 1.74. The Morgan fingerprint density at radius 3 is 2.67 bits per heavy atom. The van der Waals surface area contributed by atoms with Crippen molar-refractivity contribution >= 4 is 11.9 Å². The van der Waals surface area contributed by atoms with E-state index < -0.39 is 5.97 Å². The summed E-state index contributed by atoms with van der Waals surface area (Å²) in [6.07, 6.45) is 1.19. The second-order valence-corrected chi connectivity index (χ2v) is 4.05. The molecule has 1 heterocycles. The van der Waals surface area contributed by atoms with Crippen LogP contribution in [0.5, 0.6) is 0 Å². The number of aliphatic carboxylic acids is 1. The number of rotatable bonds is 2. The number of allylic oxidation sites excluding steroid dienone is 2. The standard InChI is InChI=1S/C11H17NO3/c1-7-8(2)12(3)10(13)5-4-9(7)6-11(14)15/h9H,4-6H2,1-3H3,(H,14,15). The van der Waals surface area contributed by atoms with E-state index in [4.69, 9.17) is 5.11 Å². The van der Waals surface area contributed by atoms with Crippen molar-refractivity contribution in [1.29, 1.82) is 0 Å². The number of hydrogen-bond donors (Lipinski definition) is 1. The molecule has 0 spiro atoms. The Bertz CT molecular complexity index is 320. The van der Waals surface area contributed by atoms with Crippen molar-refractivity contribution in [2.45, 2.75) is 33.1 Å². The highest BCUT2D eigenvalue weighted by atomic mass is 16.4. The number of carbonyl (C=O) groups is 2. The fourth-order valence-electron chi connectivity index (χ4n) is 1.89. The first-order valence-electron chi connectivity index (χ1n) is 5.09. The van der Waals surface area contributed by atoms with Gasteiger partial charge in [0.2, 0.25) is 5.91 Å². The van der Waals surface area contributed by atoms with Crippen LogP contribution in [-0.4, -0.2) is 28.9 Å². The van der Waals surface area contributed by atoms with Crippen molar-refractivity contribution in [3.05, 3.63) is 11.3 Å². The van der Waals surface area contributed by atoms with Crippen LogP contribution in [0.4, 0.5) is 0 Å². The zero-order valence-corrected chi connectivity index (χ0v) is 9.41. The predicted octanol–water partition coefficient (Wildman–Crippen LogP) is 1.62. The van der Waals surface area contributed by atoms with Gasteiger partial charge in [-0.15, -0.1) is 0 Å². The zero-order chi connectivity index (χ0) is 11.6. The Balaban J connectivity index is 2.92. The summed E-state index contributed by atoms with van der Waals surface area (Å²) in [5.74, 6) is -0.736. The smallest absolute Gasteiger partial charge is 0.303 e. The number of nitrogens with zero attached hydrogens (tertiary/aromatic N) is 1. The monoisotopic (exact) mass is 211 g/mol. The SMILES string of the molecule is CC1=C(C)N(C)C(=O)CCC1CC(=O)O. The highest BCUT2D eigenvalue weighted by Gasteiger charge is 2.25. The molecule has 15 heavy (non-hydrogen) atoms. The number of carboxylic acids is 1. The van der Waals surface area contributed by atoms with E-state index in [0.717, 1.165) is 11.3 Å². The highest BCUT2D eigenvalue weighted by molar-refractivity contribution is 5.78. The van der Waals surface area contributed by atoms with Crippen LogP contribution >= 0.6 is 0 Å². The number of amides is 1. The minimum absolute atomic E-state index is 0.00333. The molecule has 0 bridgehead atoms. The first-order valence-corrected chi connectivity index (χ1v) is 5.09. The molecule has 1 aliphatic rings. The van der Waals surface area contributed by atoms with Gasteiger partial charge in [-0.05, 0) is 26.2 Å². The van der Waals surface area contributed by atoms with Crippen LogP contribution in [0, 0.1) is 5.92 Å². The summed E-state index contributed by atoms with van der Waals surface area (Å²) in [6, 6.07) is 0. The van der Waals surface area contributed by atoms with Gasteiger partial charge in [0.15, 0.2) is 0 Å². The van der Waals surface area contributed by atoms with Gasteiger partial charge in [-0.3, -0.25) is 9.59 Å². The fourth-order valence-corrected chi connectivity index (χ4v) is 1.89. The van der Waals surface area contributed by atoms with Crippen LogP contribution in [0.2, 0.25) is 0 Å². The van der Waals surface area contributed by atoms with Crippen LogP contribution in [0.15, 0.2) is 11.3 Å². The maximum Gasteiger partial charge on any atom is 0.303 e. The lowest BCUT2D eigenvalue weighted by molar-refractivity contribution is -0.138. The van der Waals surface area contributed by atoms with Gasteiger partial charge in [-0.25, -0.2) is 0 Å². The highest BCUT2D eigenvalue weighted by Crippen LogP contribution is 2.28.